The third-order valence-corrected chi connectivity index (χ3v) is 4.54. The van der Waals surface area contributed by atoms with Crippen LogP contribution in [0.1, 0.15) is 31.8 Å². The van der Waals surface area contributed by atoms with Crippen LogP contribution < -0.4 is 16.2 Å². The van der Waals surface area contributed by atoms with Gasteiger partial charge >= 0.3 is 0 Å². The summed E-state index contributed by atoms with van der Waals surface area (Å²) in [6.07, 6.45) is 0. The van der Waals surface area contributed by atoms with Gasteiger partial charge in [-0.05, 0) is 30.3 Å². The number of nitrogens with two attached hydrogens (primary N) is 2. The summed E-state index contributed by atoms with van der Waals surface area (Å²) in [5.41, 5.74) is 12.5. The molecule has 0 saturated heterocycles. The number of ketones is 2. The maximum Gasteiger partial charge on any atom is 0.196 e. The van der Waals surface area contributed by atoms with Crippen LogP contribution in [0.15, 0.2) is 48.5 Å². The first-order valence-electron chi connectivity index (χ1n) is 7.91. The first-order chi connectivity index (χ1) is 12.9. The van der Waals surface area contributed by atoms with E-state index in [1.54, 1.807) is 0 Å². The second-order valence-corrected chi connectivity index (χ2v) is 6.47. The van der Waals surface area contributed by atoms with Crippen molar-refractivity contribution >= 4 is 34.5 Å². The van der Waals surface area contributed by atoms with E-state index in [4.69, 9.17) is 27.8 Å². The highest BCUT2D eigenvalue weighted by Crippen LogP contribution is 2.41. The lowest BCUT2D eigenvalue weighted by Crippen LogP contribution is -2.24. The van der Waals surface area contributed by atoms with Crippen molar-refractivity contribution < 1.29 is 18.7 Å². The summed E-state index contributed by atoms with van der Waals surface area (Å²) in [5.74, 6) is -1.15. The van der Waals surface area contributed by atoms with Crippen LogP contribution in [0.4, 0.5) is 15.8 Å². The van der Waals surface area contributed by atoms with Gasteiger partial charge in [0.05, 0.1) is 16.8 Å². The summed E-state index contributed by atoms with van der Waals surface area (Å²) in [5, 5.41) is 0.317. The number of benzene rings is 3. The van der Waals surface area contributed by atoms with E-state index in [0.29, 0.717) is 5.02 Å². The van der Waals surface area contributed by atoms with E-state index in [-0.39, 0.29) is 45.1 Å². The summed E-state index contributed by atoms with van der Waals surface area (Å²) in [6, 6.07) is 11.2. The third-order valence-electron chi connectivity index (χ3n) is 4.31. The molecular formula is C20H12ClFN2O3. The minimum absolute atomic E-state index is 0.0268. The molecule has 0 radical (unpaired) electrons. The molecule has 0 spiro atoms. The van der Waals surface area contributed by atoms with Gasteiger partial charge in [-0.25, -0.2) is 4.39 Å². The number of anilines is 2. The Morgan fingerprint density at radius 2 is 1.63 bits per heavy atom. The molecule has 0 fully saturated rings. The van der Waals surface area contributed by atoms with Gasteiger partial charge in [-0.1, -0.05) is 17.7 Å². The quantitative estimate of drug-likeness (QED) is 0.506. The standard InChI is InChI=1S/C20H12ClFN2O3/c21-9-4-5-12-13(6-9)20(26)17-16(19(12)25)14(23)8-15(18(17)24)27-11-3-1-2-10(22)7-11/h1-8H,23-24H2. The summed E-state index contributed by atoms with van der Waals surface area (Å²) < 4.78 is 19.0. The van der Waals surface area contributed by atoms with Gasteiger partial charge in [0, 0.05) is 34.0 Å². The van der Waals surface area contributed by atoms with Crippen LogP contribution in [0.3, 0.4) is 0 Å². The normalized spacial score (nSPS) is 12.5. The van der Waals surface area contributed by atoms with E-state index in [9.17, 15) is 14.0 Å². The highest BCUT2D eigenvalue weighted by atomic mass is 35.5. The van der Waals surface area contributed by atoms with Gasteiger partial charge in [0.25, 0.3) is 0 Å². The Balaban J connectivity index is 1.89. The summed E-state index contributed by atoms with van der Waals surface area (Å²) >= 11 is 5.96. The summed E-state index contributed by atoms with van der Waals surface area (Å²) in [4.78, 5) is 25.8. The lowest BCUT2D eigenvalue weighted by Gasteiger charge is -2.22. The van der Waals surface area contributed by atoms with Gasteiger partial charge in [0.15, 0.2) is 17.3 Å². The molecule has 4 N–H and O–H groups in total. The van der Waals surface area contributed by atoms with Crippen molar-refractivity contribution in [3.05, 3.63) is 81.6 Å². The van der Waals surface area contributed by atoms with Gasteiger partial charge in [-0.2, -0.15) is 0 Å². The molecule has 3 aromatic rings. The van der Waals surface area contributed by atoms with E-state index in [0.717, 1.165) is 6.07 Å². The molecule has 0 atom stereocenters. The molecule has 5 nitrogen and oxygen atoms in total. The van der Waals surface area contributed by atoms with E-state index < -0.39 is 17.4 Å². The fourth-order valence-electron chi connectivity index (χ4n) is 3.09. The molecule has 0 bridgehead atoms. The summed E-state index contributed by atoms with van der Waals surface area (Å²) in [6.45, 7) is 0. The van der Waals surface area contributed by atoms with Crippen LogP contribution in [-0.4, -0.2) is 11.6 Å². The zero-order valence-corrected chi connectivity index (χ0v) is 14.5. The largest absolute Gasteiger partial charge is 0.455 e. The van der Waals surface area contributed by atoms with E-state index in [1.165, 1.54) is 42.5 Å². The molecule has 0 unspecified atom stereocenters. The number of fused-ring (bicyclic) bond motifs is 2. The number of halogens is 2. The molecule has 3 aromatic carbocycles. The Kier molecular flexibility index (Phi) is 3.86. The predicted octanol–water partition coefficient (Wildman–Crippen LogP) is 4.21. The van der Waals surface area contributed by atoms with Gasteiger partial charge < -0.3 is 16.2 Å². The van der Waals surface area contributed by atoms with Gasteiger partial charge in [-0.3, -0.25) is 9.59 Å². The van der Waals surface area contributed by atoms with Crippen LogP contribution in [0.5, 0.6) is 11.5 Å². The average molecular weight is 383 g/mol. The molecule has 27 heavy (non-hydrogen) atoms. The SMILES string of the molecule is Nc1cc(Oc2cccc(F)c2)c(N)c2c1C(=O)c1ccc(Cl)cc1C2=O. The number of carbonyl (C=O) groups is 2. The van der Waals surface area contributed by atoms with Crippen LogP contribution >= 0.6 is 11.6 Å². The number of nitrogen functional groups attached to an aromatic ring is 2. The molecule has 7 heteroatoms. The third kappa shape index (κ3) is 2.71. The van der Waals surface area contributed by atoms with Gasteiger partial charge in [-0.15, -0.1) is 0 Å². The molecule has 0 aromatic heterocycles. The number of rotatable bonds is 2. The minimum Gasteiger partial charge on any atom is -0.455 e. The second kappa shape index (κ2) is 6.10. The van der Waals surface area contributed by atoms with Gasteiger partial charge in [0.1, 0.15) is 11.6 Å². The average Bonchev–Trinajstić information content (AvgIpc) is 2.62. The zero-order valence-electron chi connectivity index (χ0n) is 13.8. The van der Waals surface area contributed by atoms with Crippen molar-refractivity contribution in [2.45, 2.75) is 0 Å². The second-order valence-electron chi connectivity index (χ2n) is 6.04. The molecule has 0 amide bonds. The smallest absolute Gasteiger partial charge is 0.196 e. The maximum absolute atomic E-state index is 13.4. The molecule has 134 valence electrons. The zero-order chi connectivity index (χ0) is 19.3. The number of ether oxygens (including phenoxy) is 1. The van der Waals surface area contributed by atoms with E-state index in [2.05, 4.69) is 0 Å². The molecule has 0 saturated carbocycles. The van der Waals surface area contributed by atoms with Crippen molar-refractivity contribution in [2.75, 3.05) is 11.5 Å². The van der Waals surface area contributed by atoms with Crippen LogP contribution in [-0.2, 0) is 0 Å². The lowest BCUT2D eigenvalue weighted by molar-refractivity contribution is 0.0980. The fraction of sp³-hybridized carbons (Fsp3) is 0. The fourth-order valence-corrected chi connectivity index (χ4v) is 3.26. The van der Waals surface area contributed by atoms with E-state index in [1.807, 2.05) is 0 Å². The highest BCUT2D eigenvalue weighted by molar-refractivity contribution is 6.35. The Labute approximate surface area is 158 Å². The number of carbonyl (C=O) groups excluding carboxylic acids is 2. The molecule has 1 aliphatic carbocycles. The first kappa shape index (κ1) is 17.1. The van der Waals surface area contributed by atoms with Crippen LogP contribution in [0, 0.1) is 5.82 Å². The van der Waals surface area contributed by atoms with Crippen molar-refractivity contribution in [3.8, 4) is 11.5 Å². The molecule has 1 aliphatic rings. The van der Waals surface area contributed by atoms with Crippen molar-refractivity contribution in [1.29, 1.82) is 0 Å². The number of hydrogen-bond acceptors (Lipinski definition) is 5. The Hall–Kier alpha value is -3.38. The lowest BCUT2D eigenvalue weighted by atomic mass is 9.82. The topological polar surface area (TPSA) is 95.4 Å². The van der Waals surface area contributed by atoms with Gasteiger partial charge in [0.2, 0.25) is 0 Å². The van der Waals surface area contributed by atoms with E-state index >= 15 is 0 Å². The van der Waals surface area contributed by atoms with Crippen LogP contribution in [0.2, 0.25) is 5.02 Å². The molecule has 4 rings (SSSR count). The Morgan fingerprint density at radius 3 is 2.37 bits per heavy atom. The Bertz CT molecular complexity index is 1140. The Morgan fingerprint density at radius 1 is 0.889 bits per heavy atom. The first-order valence-corrected chi connectivity index (χ1v) is 8.29. The molecular weight excluding hydrogens is 371 g/mol. The van der Waals surface area contributed by atoms with Crippen molar-refractivity contribution in [1.82, 2.24) is 0 Å². The maximum atomic E-state index is 13.4. The number of hydrogen-bond donors (Lipinski definition) is 2. The highest BCUT2D eigenvalue weighted by Gasteiger charge is 2.34. The van der Waals surface area contributed by atoms with Crippen LogP contribution in [0.25, 0.3) is 0 Å². The van der Waals surface area contributed by atoms with Crippen molar-refractivity contribution in [3.63, 3.8) is 0 Å². The monoisotopic (exact) mass is 382 g/mol. The minimum atomic E-state index is -0.494. The van der Waals surface area contributed by atoms with Crippen molar-refractivity contribution in [2.24, 2.45) is 0 Å². The molecule has 0 aliphatic heterocycles. The summed E-state index contributed by atoms with van der Waals surface area (Å²) in [7, 11) is 0. The molecule has 0 heterocycles. The predicted molar refractivity (Wildman–Crippen MR) is 100 cm³/mol.